The maximum absolute atomic E-state index is 12.4. The molecule has 0 saturated heterocycles. The molecule has 1 N–H and O–H groups in total. The Labute approximate surface area is 136 Å². The molecule has 0 saturated carbocycles. The zero-order valence-electron chi connectivity index (χ0n) is 13.8. The number of fused-ring (bicyclic) bond motifs is 1. The van der Waals surface area contributed by atoms with Gasteiger partial charge in [-0.25, -0.2) is 0 Å². The van der Waals surface area contributed by atoms with Crippen LogP contribution in [0.3, 0.4) is 0 Å². The third-order valence-electron chi connectivity index (χ3n) is 4.46. The summed E-state index contributed by atoms with van der Waals surface area (Å²) in [7, 11) is 0. The smallest absolute Gasteiger partial charge is 0.307 e. The molecule has 124 valence electrons. The minimum Gasteiger partial charge on any atom is -0.481 e. The van der Waals surface area contributed by atoms with Crippen molar-refractivity contribution in [3.63, 3.8) is 0 Å². The molecule has 0 spiro atoms. The maximum atomic E-state index is 12.4. The molecule has 5 nitrogen and oxygen atoms in total. The van der Waals surface area contributed by atoms with Gasteiger partial charge in [-0.05, 0) is 23.5 Å². The Balaban J connectivity index is 2.57. The predicted octanol–water partition coefficient (Wildman–Crippen LogP) is 2.84. The van der Waals surface area contributed by atoms with Crippen LogP contribution < -0.4 is 4.90 Å². The number of rotatable bonds is 4. The summed E-state index contributed by atoms with van der Waals surface area (Å²) in [6, 6.07) is 7.32. The highest BCUT2D eigenvalue weighted by Gasteiger charge is 2.41. The summed E-state index contributed by atoms with van der Waals surface area (Å²) in [6.07, 6.45) is 1.42. The molecule has 0 radical (unpaired) electrons. The van der Waals surface area contributed by atoms with Crippen LogP contribution in [0.1, 0.15) is 45.1 Å². The number of para-hydroxylation sites is 1. The Kier molecular flexibility index (Phi) is 4.88. The lowest BCUT2D eigenvalue weighted by atomic mass is 9.69. The minimum absolute atomic E-state index is 0.00414. The van der Waals surface area contributed by atoms with E-state index in [0.717, 1.165) is 5.56 Å². The van der Waals surface area contributed by atoms with Gasteiger partial charge in [0.1, 0.15) is 6.29 Å². The van der Waals surface area contributed by atoms with Crippen molar-refractivity contribution in [3.05, 3.63) is 29.8 Å². The van der Waals surface area contributed by atoms with Crippen molar-refractivity contribution < 1.29 is 19.5 Å². The first-order valence-electron chi connectivity index (χ1n) is 7.83. The van der Waals surface area contributed by atoms with Crippen molar-refractivity contribution in [2.45, 2.75) is 39.5 Å². The van der Waals surface area contributed by atoms with E-state index >= 15 is 0 Å². The first-order chi connectivity index (χ1) is 10.8. The third kappa shape index (κ3) is 3.44. The molecule has 2 rings (SSSR count). The molecule has 0 fully saturated rings. The second-order valence-electron chi connectivity index (χ2n) is 7.06. The van der Waals surface area contributed by atoms with Crippen LogP contribution in [-0.2, 0) is 14.4 Å². The third-order valence-corrected chi connectivity index (χ3v) is 4.46. The Morgan fingerprint density at radius 1 is 1.39 bits per heavy atom. The molecule has 0 aromatic heterocycles. The predicted molar refractivity (Wildman–Crippen MR) is 87.4 cm³/mol. The number of aldehydes is 1. The Bertz CT molecular complexity index is 618. The number of carboxylic acid groups (broad SMARTS) is 1. The van der Waals surface area contributed by atoms with Crippen molar-refractivity contribution in [3.8, 4) is 0 Å². The summed E-state index contributed by atoms with van der Waals surface area (Å²) in [5.41, 5.74) is 1.05. The van der Waals surface area contributed by atoms with Gasteiger partial charge in [0.05, 0.1) is 12.5 Å². The van der Waals surface area contributed by atoms with Gasteiger partial charge < -0.3 is 14.8 Å². The van der Waals surface area contributed by atoms with Gasteiger partial charge in [-0.1, -0.05) is 39.0 Å². The molecular weight excluding hydrogens is 294 g/mol. The van der Waals surface area contributed by atoms with Crippen LogP contribution in [0.15, 0.2) is 24.3 Å². The van der Waals surface area contributed by atoms with Crippen molar-refractivity contribution in [1.29, 1.82) is 0 Å². The molecule has 1 aromatic rings. The molecule has 1 heterocycles. The highest BCUT2D eigenvalue weighted by molar-refractivity contribution is 5.97. The topological polar surface area (TPSA) is 74.7 Å². The second kappa shape index (κ2) is 6.52. The maximum Gasteiger partial charge on any atom is 0.307 e. The normalized spacial score (nSPS) is 19.7. The fraction of sp³-hybridized carbons (Fsp3) is 0.500. The summed E-state index contributed by atoms with van der Waals surface area (Å²) >= 11 is 0. The van der Waals surface area contributed by atoms with Gasteiger partial charge in [-0.3, -0.25) is 9.59 Å². The van der Waals surface area contributed by atoms with Gasteiger partial charge in [0, 0.05) is 18.0 Å². The molecule has 1 aliphatic rings. The van der Waals surface area contributed by atoms with Gasteiger partial charge in [0.2, 0.25) is 5.91 Å². The van der Waals surface area contributed by atoms with Crippen molar-refractivity contribution in [2.24, 2.45) is 11.3 Å². The van der Waals surface area contributed by atoms with Crippen LogP contribution in [0.4, 0.5) is 5.69 Å². The molecule has 2 atom stereocenters. The average Bonchev–Trinajstić information content (AvgIpc) is 2.58. The van der Waals surface area contributed by atoms with E-state index in [1.807, 2.05) is 32.9 Å². The van der Waals surface area contributed by atoms with Crippen LogP contribution in [0.5, 0.6) is 0 Å². The minimum atomic E-state index is -0.853. The van der Waals surface area contributed by atoms with Crippen LogP contribution >= 0.6 is 0 Å². The molecule has 2 unspecified atom stereocenters. The second-order valence-corrected chi connectivity index (χ2v) is 7.06. The van der Waals surface area contributed by atoms with Gasteiger partial charge in [-0.15, -0.1) is 0 Å². The van der Waals surface area contributed by atoms with Crippen LogP contribution in [-0.4, -0.2) is 29.8 Å². The van der Waals surface area contributed by atoms with Crippen LogP contribution in [0.2, 0.25) is 0 Å². The summed E-state index contributed by atoms with van der Waals surface area (Å²) in [4.78, 5) is 36.7. The highest BCUT2D eigenvalue weighted by atomic mass is 16.4. The van der Waals surface area contributed by atoms with E-state index in [0.29, 0.717) is 18.4 Å². The van der Waals surface area contributed by atoms with E-state index in [1.165, 1.54) is 4.90 Å². The van der Waals surface area contributed by atoms with Gasteiger partial charge >= 0.3 is 5.97 Å². The van der Waals surface area contributed by atoms with E-state index in [4.69, 9.17) is 0 Å². The molecule has 1 aromatic carbocycles. The fourth-order valence-corrected chi connectivity index (χ4v) is 3.52. The number of anilines is 1. The van der Waals surface area contributed by atoms with Crippen molar-refractivity contribution >= 4 is 23.9 Å². The molecule has 0 aliphatic carbocycles. The number of carbonyl (C=O) groups excluding carboxylic acids is 2. The van der Waals surface area contributed by atoms with Crippen molar-refractivity contribution in [1.82, 2.24) is 0 Å². The first kappa shape index (κ1) is 17.2. The molecule has 5 heteroatoms. The summed E-state index contributed by atoms with van der Waals surface area (Å²) in [6.45, 7) is 5.72. The molecule has 1 aliphatic heterocycles. The fourth-order valence-electron chi connectivity index (χ4n) is 3.52. The summed E-state index contributed by atoms with van der Waals surface area (Å²) in [5.74, 6) is -1.85. The number of benzene rings is 1. The number of carbonyl (C=O) groups is 3. The van der Waals surface area contributed by atoms with E-state index < -0.39 is 17.3 Å². The molecule has 23 heavy (non-hydrogen) atoms. The number of hydrogen-bond donors (Lipinski definition) is 1. The van der Waals surface area contributed by atoms with Crippen LogP contribution in [0, 0.1) is 11.3 Å². The van der Waals surface area contributed by atoms with E-state index in [-0.39, 0.29) is 24.8 Å². The zero-order valence-corrected chi connectivity index (χ0v) is 13.8. The van der Waals surface area contributed by atoms with Gasteiger partial charge in [-0.2, -0.15) is 0 Å². The number of carboxylic acids is 1. The Morgan fingerprint density at radius 3 is 2.61 bits per heavy atom. The van der Waals surface area contributed by atoms with E-state index in [1.54, 1.807) is 12.1 Å². The lowest BCUT2D eigenvalue weighted by Gasteiger charge is -2.34. The quantitative estimate of drug-likeness (QED) is 0.867. The lowest BCUT2D eigenvalue weighted by Crippen LogP contribution is -2.34. The van der Waals surface area contributed by atoms with Gasteiger partial charge in [0.15, 0.2) is 0 Å². The lowest BCUT2D eigenvalue weighted by molar-refractivity contribution is -0.147. The van der Waals surface area contributed by atoms with E-state index in [9.17, 15) is 19.5 Å². The largest absolute Gasteiger partial charge is 0.481 e. The number of amides is 1. The van der Waals surface area contributed by atoms with Crippen molar-refractivity contribution in [2.75, 3.05) is 11.4 Å². The van der Waals surface area contributed by atoms with Crippen LogP contribution in [0.25, 0.3) is 0 Å². The molecule has 1 amide bonds. The average molecular weight is 317 g/mol. The van der Waals surface area contributed by atoms with E-state index in [2.05, 4.69) is 0 Å². The zero-order chi connectivity index (χ0) is 17.2. The molecule has 0 bridgehead atoms. The highest BCUT2D eigenvalue weighted by Crippen LogP contribution is 2.45. The Hall–Kier alpha value is -2.17. The standard InChI is InChI=1S/C18H23NO4/c1-18(2,3)16(17(22)23)13-8-9-15(21)19(10-11-20)14-7-5-4-6-12(13)14/h4-7,11,13,16H,8-10H2,1-3H3,(H,22,23). The number of hydrogen-bond acceptors (Lipinski definition) is 3. The first-order valence-corrected chi connectivity index (χ1v) is 7.83. The SMILES string of the molecule is CC(C)(C)C(C(=O)O)C1CCC(=O)N(CC=O)c2ccccc21. The Morgan fingerprint density at radius 2 is 2.04 bits per heavy atom. The number of aliphatic carboxylic acids is 1. The summed E-state index contributed by atoms with van der Waals surface area (Å²) < 4.78 is 0. The monoisotopic (exact) mass is 317 g/mol. The summed E-state index contributed by atoms with van der Waals surface area (Å²) in [5, 5.41) is 9.76. The van der Waals surface area contributed by atoms with Gasteiger partial charge in [0.25, 0.3) is 0 Å². The molecular formula is C18H23NO4. The number of nitrogens with zero attached hydrogens (tertiary/aromatic N) is 1.